The Hall–Kier alpha value is -1.34. The predicted octanol–water partition coefficient (Wildman–Crippen LogP) is 2.13. The van der Waals surface area contributed by atoms with Gasteiger partial charge in [-0.25, -0.2) is 0 Å². The van der Waals surface area contributed by atoms with Crippen molar-refractivity contribution in [2.45, 2.75) is 18.6 Å². The Morgan fingerprint density at radius 3 is 2.65 bits per heavy atom. The van der Waals surface area contributed by atoms with Crippen molar-refractivity contribution in [2.75, 3.05) is 45.3 Å². The third kappa shape index (κ3) is 3.95. The number of halogens is 1. The van der Waals surface area contributed by atoms with Crippen molar-refractivity contribution in [2.24, 2.45) is 0 Å². The Morgan fingerprint density at radius 1 is 1.35 bits per heavy atom. The van der Waals surface area contributed by atoms with Crippen molar-refractivity contribution in [1.82, 2.24) is 4.90 Å². The van der Waals surface area contributed by atoms with E-state index in [-0.39, 0.29) is 5.91 Å². The van der Waals surface area contributed by atoms with Crippen LogP contribution in [0.15, 0.2) is 18.2 Å². The lowest BCUT2D eigenvalue weighted by atomic mass is 10.0. The van der Waals surface area contributed by atoms with Gasteiger partial charge in [0.15, 0.2) is 5.79 Å². The molecule has 2 saturated heterocycles. The fourth-order valence-corrected chi connectivity index (χ4v) is 3.24. The minimum Gasteiger partial charge on any atom is -0.495 e. The molecule has 0 aliphatic carbocycles. The van der Waals surface area contributed by atoms with E-state index in [1.165, 1.54) is 0 Å². The fourth-order valence-electron chi connectivity index (χ4n) is 2.99. The molecule has 1 N–H and O–H groups in total. The van der Waals surface area contributed by atoms with Gasteiger partial charge in [0.2, 0.25) is 5.91 Å². The average Bonchev–Trinajstić information content (AvgIpc) is 2.98. The fraction of sp³-hybridized carbons (Fsp3) is 0.562. The zero-order valence-electron chi connectivity index (χ0n) is 13.1. The largest absolute Gasteiger partial charge is 0.495 e. The summed E-state index contributed by atoms with van der Waals surface area (Å²) in [6.45, 7) is 3.25. The van der Waals surface area contributed by atoms with Gasteiger partial charge in [0.1, 0.15) is 5.75 Å². The molecule has 2 heterocycles. The zero-order chi connectivity index (χ0) is 16.3. The molecule has 0 radical (unpaired) electrons. The van der Waals surface area contributed by atoms with Gasteiger partial charge in [-0.15, -0.1) is 0 Å². The number of benzene rings is 1. The van der Waals surface area contributed by atoms with Crippen LogP contribution in [-0.4, -0.2) is 56.6 Å². The molecule has 0 atom stereocenters. The van der Waals surface area contributed by atoms with Gasteiger partial charge in [-0.05, 0) is 18.2 Å². The minimum atomic E-state index is -0.406. The number of nitrogens with one attached hydrogen (secondary N) is 1. The summed E-state index contributed by atoms with van der Waals surface area (Å²) in [5.41, 5.74) is 0.664. The first kappa shape index (κ1) is 16.5. The van der Waals surface area contributed by atoms with E-state index in [1.54, 1.807) is 25.3 Å². The molecule has 1 aromatic carbocycles. The van der Waals surface area contributed by atoms with Crippen LogP contribution < -0.4 is 10.1 Å². The van der Waals surface area contributed by atoms with Crippen LogP contribution in [0.2, 0.25) is 5.02 Å². The van der Waals surface area contributed by atoms with Gasteiger partial charge in [-0.3, -0.25) is 9.69 Å². The van der Waals surface area contributed by atoms with Crippen LogP contribution in [0, 0.1) is 0 Å². The zero-order valence-corrected chi connectivity index (χ0v) is 13.9. The van der Waals surface area contributed by atoms with E-state index in [0.717, 1.165) is 25.9 Å². The Kier molecular flexibility index (Phi) is 5.06. The van der Waals surface area contributed by atoms with Crippen LogP contribution in [0.4, 0.5) is 5.69 Å². The SMILES string of the molecule is COc1ccc(NC(=O)CN2CCC3(CC2)OCCO3)cc1Cl. The summed E-state index contributed by atoms with van der Waals surface area (Å²) in [7, 11) is 1.56. The maximum Gasteiger partial charge on any atom is 0.238 e. The molecule has 3 rings (SSSR count). The van der Waals surface area contributed by atoms with E-state index in [1.807, 2.05) is 0 Å². The van der Waals surface area contributed by atoms with Gasteiger partial charge in [0, 0.05) is 31.6 Å². The number of methoxy groups -OCH3 is 1. The highest BCUT2D eigenvalue weighted by Gasteiger charge is 2.39. The molecule has 0 aromatic heterocycles. The van der Waals surface area contributed by atoms with Crippen molar-refractivity contribution in [3.8, 4) is 5.75 Å². The quantitative estimate of drug-likeness (QED) is 0.909. The van der Waals surface area contributed by atoms with Crippen molar-refractivity contribution >= 4 is 23.2 Å². The summed E-state index contributed by atoms with van der Waals surface area (Å²) >= 11 is 6.06. The molecule has 1 aromatic rings. The smallest absolute Gasteiger partial charge is 0.238 e. The summed E-state index contributed by atoms with van der Waals surface area (Å²) in [6, 6.07) is 5.19. The number of hydrogen-bond donors (Lipinski definition) is 1. The molecule has 1 spiro atoms. The van der Waals surface area contributed by atoms with Crippen LogP contribution in [0.1, 0.15) is 12.8 Å². The number of rotatable bonds is 4. The first-order valence-electron chi connectivity index (χ1n) is 7.74. The number of amides is 1. The van der Waals surface area contributed by atoms with Crippen LogP contribution in [0.5, 0.6) is 5.75 Å². The monoisotopic (exact) mass is 340 g/mol. The van der Waals surface area contributed by atoms with E-state index in [4.69, 9.17) is 25.8 Å². The van der Waals surface area contributed by atoms with Gasteiger partial charge >= 0.3 is 0 Å². The highest BCUT2D eigenvalue weighted by molar-refractivity contribution is 6.32. The number of nitrogens with zero attached hydrogens (tertiary/aromatic N) is 1. The Morgan fingerprint density at radius 2 is 2.04 bits per heavy atom. The highest BCUT2D eigenvalue weighted by Crippen LogP contribution is 2.31. The highest BCUT2D eigenvalue weighted by atomic mass is 35.5. The van der Waals surface area contributed by atoms with E-state index < -0.39 is 5.79 Å². The molecule has 2 fully saturated rings. The van der Waals surface area contributed by atoms with Gasteiger partial charge in [0.05, 0.1) is 31.9 Å². The second-order valence-electron chi connectivity index (χ2n) is 5.78. The van der Waals surface area contributed by atoms with Gasteiger partial charge in [-0.1, -0.05) is 11.6 Å². The molecule has 0 unspecified atom stereocenters. The van der Waals surface area contributed by atoms with Crippen LogP contribution >= 0.6 is 11.6 Å². The van der Waals surface area contributed by atoms with E-state index in [2.05, 4.69) is 10.2 Å². The lowest BCUT2D eigenvalue weighted by Gasteiger charge is -2.37. The third-order valence-electron chi connectivity index (χ3n) is 4.23. The number of piperidine rings is 1. The molecule has 2 aliphatic heterocycles. The number of anilines is 1. The first-order chi connectivity index (χ1) is 11.1. The normalized spacial score (nSPS) is 20.6. The van der Waals surface area contributed by atoms with Crippen LogP contribution in [-0.2, 0) is 14.3 Å². The molecule has 0 saturated carbocycles. The first-order valence-corrected chi connectivity index (χ1v) is 8.12. The number of carbonyl (C=O) groups excluding carboxylic acids is 1. The van der Waals surface area contributed by atoms with Crippen molar-refractivity contribution in [3.05, 3.63) is 23.2 Å². The Bertz CT molecular complexity index is 565. The van der Waals surface area contributed by atoms with Gasteiger partial charge in [0.25, 0.3) is 0 Å². The Labute approximate surface area is 140 Å². The molecule has 23 heavy (non-hydrogen) atoms. The molecule has 126 valence electrons. The third-order valence-corrected chi connectivity index (χ3v) is 4.53. The maximum atomic E-state index is 12.2. The second kappa shape index (κ2) is 7.05. The van der Waals surface area contributed by atoms with Gasteiger partial charge in [-0.2, -0.15) is 0 Å². The lowest BCUT2D eigenvalue weighted by Crippen LogP contribution is -2.47. The van der Waals surface area contributed by atoms with Crippen LogP contribution in [0.3, 0.4) is 0 Å². The summed E-state index contributed by atoms with van der Waals surface area (Å²) in [4.78, 5) is 14.3. The van der Waals surface area contributed by atoms with E-state index in [0.29, 0.717) is 36.2 Å². The number of likely N-dealkylation sites (tertiary alicyclic amines) is 1. The standard InChI is InChI=1S/C16H21ClN2O4/c1-21-14-3-2-12(10-13(14)17)18-15(20)11-19-6-4-16(5-7-19)22-8-9-23-16/h2-3,10H,4-9,11H2,1H3,(H,18,20). The summed E-state index contributed by atoms with van der Waals surface area (Å²) < 4.78 is 16.5. The molecule has 7 heteroatoms. The second-order valence-corrected chi connectivity index (χ2v) is 6.19. The van der Waals surface area contributed by atoms with E-state index in [9.17, 15) is 4.79 Å². The van der Waals surface area contributed by atoms with Gasteiger partial charge < -0.3 is 19.5 Å². The maximum absolute atomic E-state index is 12.2. The summed E-state index contributed by atoms with van der Waals surface area (Å²) in [5.74, 6) is 0.120. The topological polar surface area (TPSA) is 60.0 Å². The molecule has 2 aliphatic rings. The number of carbonyl (C=O) groups is 1. The molecule has 6 nitrogen and oxygen atoms in total. The Balaban J connectivity index is 1.49. The predicted molar refractivity (Wildman–Crippen MR) is 86.9 cm³/mol. The van der Waals surface area contributed by atoms with Crippen molar-refractivity contribution < 1.29 is 19.0 Å². The number of hydrogen-bond acceptors (Lipinski definition) is 5. The minimum absolute atomic E-state index is 0.0598. The molecular formula is C16H21ClN2O4. The summed E-state index contributed by atoms with van der Waals surface area (Å²) in [6.07, 6.45) is 1.60. The molecule has 0 bridgehead atoms. The van der Waals surface area contributed by atoms with E-state index >= 15 is 0 Å². The van der Waals surface area contributed by atoms with Crippen LogP contribution in [0.25, 0.3) is 0 Å². The lowest BCUT2D eigenvalue weighted by molar-refractivity contribution is -0.185. The number of ether oxygens (including phenoxy) is 3. The average molecular weight is 341 g/mol. The summed E-state index contributed by atoms with van der Waals surface area (Å²) in [5, 5.41) is 3.33. The molecular weight excluding hydrogens is 320 g/mol. The van der Waals surface area contributed by atoms with Crippen molar-refractivity contribution in [3.63, 3.8) is 0 Å². The molecule has 1 amide bonds. The van der Waals surface area contributed by atoms with Crippen molar-refractivity contribution in [1.29, 1.82) is 0 Å².